The van der Waals surface area contributed by atoms with E-state index in [0.717, 1.165) is 0 Å². The van der Waals surface area contributed by atoms with Crippen molar-refractivity contribution in [1.29, 1.82) is 0 Å². The number of hydrogen-bond acceptors (Lipinski definition) is 10. The van der Waals surface area contributed by atoms with E-state index in [1.54, 1.807) is 134 Å². The molecule has 4 aromatic carbocycles. The Morgan fingerprint density at radius 1 is 0.426 bits per heavy atom. The second-order valence-corrected chi connectivity index (χ2v) is 13.2. The number of nitrogens with two attached hydrogens (primary N) is 4. The van der Waals surface area contributed by atoms with Crippen molar-refractivity contribution in [3.05, 3.63) is 146 Å². The number of ether oxygens (including phenoxy) is 4. The fourth-order valence-corrected chi connectivity index (χ4v) is 7.49. The molecule has 0 saturated carbocycles. The molecule has 2 atom stereocenters. The van der Waals surface area contributed by atoms with E-state index in [4.69, 9.17) is 41.9 Å². The monoisotopic (exact) mass is 650 g/mol. The van der Waals surface area contributed by atoms with Crippen LogP contribution in [0.1, 0.15) is 0 Å². The predicted molar refractivity (Wildman–Crippen MR) is 184 cm³/mol. The summed E-state index contributed by atoms with van der Waals surface area (Å²) < 4.78 is 56.3. The summed E-state index contributed by atoms with van der Waals surface area (Å²) in [4.78, 5) is 0. The highest BCUT2D eigenvalue weighted by molar-refractivity contribution is 7.93. The summed E-state index contributed by atoms with van der Waals surface area (Å²) >= 11 is 0. The maximum atomic E-state index is 15.2. The van der Waals surface area contributed by atoms with Gasteiger partial charge < -0.3 is 41.9 Å². The van der Waals surface area contributed by atoms with Crippen molar-refractivity contribution in [1.82, 2.24) is 0 Å². The summed E-state index contributed by atoms with van der Waals surface area (Å²) in [6.45, 7) is 0. The van der Waals surface area contributed by atoms with Crippen LogP contribution < -0.4 is 41.9 Å². The quantitative estimate of drug-likeness (QED) is 0.128. The van der Waals surface area contributed by atoms with Crippen molar-refractivity contribution in [3.63, 3.8) is 0 Å². The summed E-state index contributed by atoms with van der Waals surface area (Å²) in [7, 11) is -4.39. The van der Waals surface area contributed by atoms with E-state index in [0.29, 0.717) is 45.7 Å². The average Bonchev–Trinajstić information content (AvgIpc) is 3.06. The van der Waals surface area contributed by atoms with Crippen LogP contribution in [0.5, 0.6) is 23.0 Å². The molecule has 6 rings (SSSR count). The van der Waals surface area contributed by atoms with Crippen LogP contribution in [-0.2, 0) is 9.84 Å². The van der Waals surface area contributed by atoms with E-state index in [9.17, 15) is 0 Å². The highest BCUT2D eigenvalue weighted by Gasteiger charge is 2.58. The molecule has 8 N–H and O–H groups in total. The standard InChI is InChI=1S/C36H34N4O6S/c37-25-7-15-29(16-8-25)43-35(44-30-17-9-26(38)10-18-30)23-3-1-5-33(35)47(41,42)34-6-2-4-24-36(34,45-31-19-11-27(39)12-20-31)46-32-21-13-28(40)14-22-32/h1-24,33-34H,37-40H2. The van der Waals surface area contributed by atoms with Gasteiger partial charge >= 0.3 is 0 Å². The molecule has 0 aliphatic heterocycles. The molecule has 0 spiro atoms. The molecule has 0 radical (unpaired) electrons. The molecule has 0 amide bonds. The molecule has 2 aliphatic rings. The molecule has 0 aromatic heterocycles. The Kier molecular flexibility index (Phi) is 8.31. The Labute approximate surface area is 273 Å². The molecule has 10 nitrogen and oxygen atoms in total. The van der Waals surface area contributed by atoms with Gasteiger partial charge in [-0.25, -0.2) is 8.42 Å². The number of anilines is 4. The number of nitrogen functional groups attached to an aromatic ring is 4. The van der Waals surface area contributed by atoms with E-state index in [2.05, 4.69) is 0 Å². The second kappa shape index (κ2) is 12.5. The van der Waals surface area contributed by atoms with E-state index < -0.39 is 31.9 Å². The van der Waals surface area contributed by atoms with Gasteiger partial charge in [-0.05, 0) is 97.1 Å². The topological polar surface area (TPSA) is 175 Å². The fraction of sp³-hybridized carbons (Fsp3) is 0.111. The van der Waals surface area contributed by atoms with Crippen molar-refractivity contribution >= 4 is 32.6 Å². The first-order valence-electron chi connectivity index (χ1n) is 14.7. The van der Waals surface area contributed by atoms with Crippen LogP contribution in [0.25, 0.3) is 0 Å². The lowest BCUT2D eigenvalue weighted by Gasteiger charge is -2.43. The maximum Gasteiger partial charge on any atom is 0.291 e. The summed E-state index contributed by atoms with van der Waals surface area (Å²) in [6.07, 6.45) is 12.8. The van der Waals surface area contributed by atoms with Crippen LogP contribution in [-0.4, -0.2) is 30.5 Å². The Hall–Kier alpha value is -5.81. The molecular formula is C36H34N4O6S. The van der Waals surface area contributed by atoms with E-state index in [1.165, 1.54) is 12.2 Å². The molecule has 47 heavy (non-hydrogen) atoms. The zero-order valence-corrected chi connectivity index (χ0v) is 26.0. The fourth-order valence-electron chi connectivity index (χ4n) is 5.29. The van der Waals surface area contributed by atoms with E-state index in [-0.39, 0.29) is 0 Å². The van der Waals surface area contributed by atoms with Crippen LogP contribution in [0.4, 0.5) is 22.7 Å². The molecule has 0 saturated heterocycles. The lowest BCUT2D eigenvalue weighted by atomic mass is 10.1. The summed E-state index contributed by atoms with van der Waals surface area (Å²) in [6, 6.07) is 26.3. The van der Waals surface area contributed by atoms with Gasteiger partial charge in [0, 0.05) is 34.9 Å². The molecule has 0 fully saturated rings. The Bertz CT molecular complexity index is 1700. The molecule has 2 aliphatic carbocycles. The minimum atomic E-state index is -4.39. The zero-order chi connectivity index (χ0) is 33.1. The third-order valence-electron chi connectivity index (χ3n) is 7.58. The third-order valence-corrected chi connectivity index (χ3v) is 9.97. The van der Waals surface area contributed by atoms with Gasteiger partial charge in [-0.2, -0.15) is 0 Å². The van der Waals surface area contributed by atoms with Crippen LogP contribution in [0.2, 0.25) is 0 Å². The van der Waals surface area contributed by atoms with Crippen molar-refractivity contribution in [2.75, 3.05) is 22.9 Å². The molecule has 4 aromatic rings. The Morgan fingerprint density at radius 3 is 0.936 bits per heavy atom. The van der Waals surface area contributed by atoms with Crippen LogP contribution in [0.3, 0.4) is 0 Å². The van der Waals surface area contributed by atoms with Crippen molar-refractivity contribution in [3.8, 4) is 23.0 Å². The number of allylic oxidation sites excluding steroid dienone is 4. The van der Waals surface area contributed by atoms with Crippen LogP contribution >= 0.6 is 0 Å². The largest absolute Gasteiger partial charge is 0.447 e. The van der Waals surface area contributed by atoms with E-state index in [1.807, 2.05) is 0 Å². The minimum Gasteiger partial charge on any atom is -0.447 e. The lowest BCUT2D eigenvalue weighted by Crippen LogP contribution is -2.62. The van der Waals surface area contributed by atoms with Crippen LogP contribution in [0.15, 0.2) is 146 Å². The second-order valence-electron chi connectivity index (χ2n) is 11.0. The van der Waals surface area contributed by atoms with Crippen molar-refractivity contribution in [2.45, 2.75) is 22.1 Å². The maximum absolute atomic E-state index is 15.2. The molecule has 2 unspecified atom stereocenters. The zero-order valence-electron chi connectivity index (χ0n) is 25.2. The lowest BCUT2D eigenvalue weighted by molar-refractivity contribution is -0.0732. The Morgan fingerprint density at radius 2 is 0.681 bits per heavy atom. The average molecular weight is 651 g/mol. The summed E-state index contributed by atoms with van der Waals surface area (Å²) in [5.74, 6) is -2.45. The van der Waals surface area contributed by atoms with Gasteiger partial charge in [0.05, 0.1) is 0 Å². The Balaban J connectivity index is 1.47. The normalized spacial score (nSPS) is 19.1. The molecular weight excluding hydrogens is 616 g/mol. The number of sulfone groups is 1. The van der Waals surface area contributed by atoms with Gasteiger partial charge in [0.15, 0.2) is 20.3 Å². The first-order valence-corrected chi connectivity index (χ1v) is 16.3. The highest BCUT2D eigenvalue weighted by atomic mass is 32.2. The molecule has 240 valence electrons. The third kappa shape index (κ3) is 6.61. The number of rotatable bonds is 10. The SMILES string of the molecule is Nc1ccc(OC2(Oc3ccc(N)cc3)C=CC=CC2S(=O)(=O)C2C=CC=CC2(Oc2ccc(N)cc2)Oc2ccc(N)cc2)cc1. The van der Waals surface area contributed by atoms with Gasteiger partial charge in [-0.15, -0.1) is 0 Å². The number of hydrogen-bond donors (Lipinski definition) is 4. The first kappa shape index (κ1) is 31.2. The number of benzene rings is 4. The van der Waals surface area contributed by atoms with Gasteiger partial charge in [0.2, 0.25) is 0 Å². The first-order chi connectivity index (χ1) is 22.6. The van der Waals surface area contributed by atoms with Gasteiger partial charge in [0.1, 0.15) is 23.0 Å². The van der Waals surface area contributed by atoms with Gasteiger partial charge in [-0.3, -0.25) is 0 Å². The predicted octanol–water partition coefficient (Wildman–Crippen LogP) is 5.43. The molecule has 0 bridgehead atoms. The smallest absolute Gasteiger partial charge is 0.291 e. The minimum absolute atomic E-state index is 0.330. The summed E-state index contributed by atoms with van der Waals surface area (Å²) in [5.41, 5.74) is 25.7. The van der Waals surface area contributed by atoms with Gasteiger partial charge in [-0.1, -0.05) is 36.5 Å². The van der Waals surface area contributed by atoms with Crippen molar-refractivity contribution < 1.29 is 27.4 Å². The van der Waals surface area contributed by atoms with E-state index >= 15 is 8.42 Å². The van der Waals surface area contributed by atoms with Gasteiger partial charge in [0.25, 0.3) is 11.6 Å². The highest BCUT2D eigenvalue weighted by Crippen LogP contribution is 2.41. The van der Waals surface area contributed by atoms with Crippen molar-refractivity contribution in [2.24, 2.45) is 0 Å². The molecule has 11 heteroatoms. The van der Waals surface area contributed by atoms with Crippen LogP contribution in [0, 0.1) is 0 Å². The molecule has 0 heterocycles. The summed E-state index contributed by atoms with van der Waals surface area (Å²) in [5, 5.41) is -2.83.